The van der Waals surface area contributed by atoms with Crippen LogP contribution in [0.1, 0.15) is 60.5 Å². The van der Waals surface area contributed by atoms with E-state index in [0.29, 0.717) is 5.92 Å². The third-order valence-corrected chi connectivity index (χ3v) is 6.41. The van der Waals surface area contributed by atoms with Crippen LogP contribution in [0.2, 0.25) is 0 Å². The predicted octanol–water partition coefficient (Wildman–Crippen LogP) is 6.22. The maximum atomic E-state index is 4.66. The van der Waals surface area contributed by atoms with Gasteiger partial charge in [-0.25, -0.2) is 0 Å². The smallest absolute Gasteiger partial charge is 0.196 e. The Morgan fingerprint density at radius 2 is 1.48 bits per heavy atom. The SMILES string of the molecule is Cc1ccc(CSc2nnc(C3CCCCC3)n2-c2ccc(C)cc2)cc1. The predicted molar refractivity (Wildman–Crippen MR) is 113 cm³/mol. The van der Waals surface area contributed by atoms with Gasteiger partial charge in [0.15, 0.2) is 5.16 Å². The summed E-state index contributed by atoms with van der Waals surface area (Å²) in [6.07, 6.45) is 6.41. The van der Waals surface area contributed by atoms with Crippen LogP contribution in [0.15, 0.2) is 53.7 Å². The second kappa shape index (κ2) is 8.30. The van der Waals surface area contributed by atoms with Gasteiger partial charge in [0.25, 0.3) is 0 Å². The van der Waals surface area contributed by atoms with Gasteiger partial charge in [-0.2, -0.15) is 0 Å². The molecule has 2 aromatic carbocycles. The highest BCUT2D eigenvalue weighted by Crippen LogP contribution is 2.35. The molecule has 0 saturated heterocycles. The maximum Gasteiger partial charge on any atom is 0.196 e. The quantitative estimate of drug-likeness (QED) is 0.494. The number of aryl methyl sites for hydroxylation is 2. The fourth-order valence-corrected chi connectivity index (χ4v) is 4.68. The molecule has 1 aliphatic rings. The minimum absolute atomic E-state index is 0.529. The topological polar surface area (TPSA) is 30.7 Å². The molecule has 1 saturated carbocycles. The molecule has 0 N–H and O–H groups in total. The molecule has 0 spiro atoms. The van der Waals surface area contributed by atoms with Gasteiger partial charge in [-0.15, -0.1) is 10.2 Å². The fourth-order valence-electron chi connectivity index (χ4n) is 3.77. The lowest BCUT2D eigenvalue weighted by molar-refractivity contribution is 0.423. The van der Waals surface area contributed by atoms with Crippen molar-refractivity contribution >= 4 is 11.8 Å². The molecule has 27 heavy (non-hydrogen) atoms. The zero-order valence-corrected chi connectivity index (χ0v) is 17.0. The van der Waals surface area contributed by atoms with Crippen LogP contribution in [0.3, 0.4) is 0 Å². The summed E-state index contributed by atoms with van der Waals surface area (Å²) in [7, 11) is 0. The Balaban J connectivity index is 1.64. The summed E-state index contributed by atoms with van der Waals surface area (Å²) in [5.41, 5.74) is 5.08. The molecule has 140 valence electrons. The largest absolute Gasteiger partial charge is 0.274 e. The van der Waals surface area contributed by atoms with Gasteiger partial charge in [0.1, 0.15) is 5.82 Å². The Bertz CT molecular complexity index is 875. The zero-order chi connectivity index (χ0) is 18.6. The lowest BCUT2D eigenvalue weighted by atomic mass is 9.88. The first-order chi connectivity index (χ1) is 13.2. The van der Waals surface area contributed by atoms with Gasteiger partial charge in [0.2, 0.25) is 0 Å². The molecule has 0 amide bonds. The van der Waals surface area contributed by atoms with E-state index in [1.807, 2.05) is 0 Å². The molecule has 1 fully saturated rings. The molecule has 3 aromatic rings. The van der Waals surface area contributed by atoms with E-state index in [-0.39, 0.29) is 0 Å². The lowest BCUT2D eigenvalue weighted by Crippen LogP contribution is -2.12. The number of benzene rings is 2. The number of thioether (sulfide) groups is 1. The first-order valence-corrected chi connectivity index (χ1v) is 10.9. The summed E-state index contributed by atoms with van der Waals surface area (Å²) in [5.74, 6) is 2.58. The third-order valence-electron chi connectivity index (χ3n) is 5.41. The first kappa shape index (κ1) is 18.3. The molecule has 0 radical (unpaired) electrons. The van der Waals surface area contributed by atoms with Gasteiger partial charge >= 0.3 is 0 Å². The highest BCUT2D eigenvalue weighted by Gasteiger charge is 2.24. The molecular weight excluding hydrogens is 350 g/mol. The van der Waals surface area contributed by atoms with E-state index < -0.39 is 0 Å². The number of hydrogen-bond donors (Lipinski definition) is 0. The van der Waals surface area contributed by atoms with E-state index >= 15 is 0 Å². The summed E-state index contributed by atoms with van der Waals surface area (Å²) >= 11 is 1.78. The van der Waals surface area contributed by atoms with Crippen LogP contribution in [-0.4, -0.2) is 14.8 Å². The van der Waals surface area contributed by atoms with Crippen molar-refractivity contribution in [1.82, 2.24) is 14.8 Å². The van der Waals surface area contributed by atoms with Gasteiger partial charge in [-0.1, -0.05) is 78.5 Å². The van der Waals surface area contributed by atoms with Gasteiger partial charge in [0, 0.05) is 17.4 Å². The second-order valence-electron chi connectivity index (χ2n) is 7.62. The van der Waals surface area contributed by atoms with Crippen LogP contribution in [0.5, 0.6) is 0 Å². The van der Waals surface area contributed by atoms with E-state index in [0.717, 1.165) is 16.7 Å². The van der Waals surface area contributed by atoms with Crippen LogP contribution in [-0.2, 0) is 5.75 Å². The molecule has 4 heteroatoms. The number of nitrogens with zero attached hydrogens (tertiary/aromatic N) is 3. The summed E-state index contributed by atoms with van der Waals surface area (Å²) in [6, 6.07) is 17.5. The highest BCUT2D eigenvalue weighted by molar-refractivity contribution is 7.98. The normalized spacial score (nSPS) is 15.2. The summed E-state index contributed by atoms with van der Waals surface area (Å²) < 4.78 is 2.30. The van der Waals surface area contributed by atoms with Gasteiger partial charge < -0.3 is 0 Å². The molecule has 0 atom stereocenters. The van der Waals surface area contributed by atoms with E-state index in [2.05, 4.69) is 77.1 Å². The molecule has 1 heterocycles. The van der Waals surface area contributed by atoms with Crippen LogP contribution < -0.4 is 0 Å². The van der Waals surface area contributed by atoms with Crippen molar-refractivity contribution in [3.63, 3.8) is 0 Å². The first-order valence-electron chi connectivity index (χ1n) is 9.91. The van der Waals surface area contributed by atoms with Crippen molar-refractivity contribution in [2.75, 3.05) is 0 Å². The summed E-state index contributed by atoms with van der Waals surface area (Å²) in [4.78, 5) is 0. The minimum atomic E-state index is 0.529. The molecule has 1 aromatic heterocycles. The average Bonchev–Trinajstić information content (AvgIpc) is 3.13. The van der Waals surface area contributed by atoms with Crippen LogP contribution >= 0.6 is 11.8 Å². The van der Waals surface area contributed by atoms with Crippen molar-refractivity contribution in [1.29, 1.82) is 0 Å². The van der Waals surface area contributed by atoms with Crippen molar-refractivity contribution < 1.29 is 0 Å². The van der Waals surface area contributed by atoms with E-state index in [9.17, 15) is 0 Å². The van der Waals surface area contributed by atoms with Gasteiger partial charge in [-0.3, -0.25) is 4.57 Å². The Labute approximate surface area is 166 Å². The maximum absolute atomic E-state index is 4.66. The van der Waals surface area contributed by atoms with Crippen LogP contribution in [0.4, 0.5) is 0 Å². The number of rotatable bonds is 5. The van der Waals surface area contributed by atoms with Crippen molar-refractivity contribution in [3.8, 4) is 5.69 Å². The number of hydrogen-bond acceptors (Lipinski definition) is 3. The minimum Gasteiger partial charge on any atom is -0.274 e. The third kappa shape index (κ3) is 4.27. The Kier molecular flexibility index (Phi) is 5.63. The van der Waals surface area contributed by atoms with E-state index in [1.165, 1.54) is 54.5 Å². The fraction of sp³-hybridized carbons (Fsp3) is 0.391. The molecule has 0 unspecified atom stereocenters. The zero-order valence-electron chi connectivity index (χ0n) is 16.2. The number of aromatic nitrogens is 3. The standard InChI is InChI=1S/C23H27N3S/c1-17-8-12-19(13-9-17)16-27-23-25-24-22(20-6-4-3-5-7-20)26(23)21-14-10-18(2)11-15-21/h8-15,20H,3-7,16H2,1-2H3. The van der Waals surface area contributed by atoms with Crippen LogP contribution in [0, 0.1) is 13.8 Å². The van der Waals surface area contributed by atoms with Crippen molar-refractivity contribution in [2.24, 2.45) is 0 Å². The molecule has 0 bridgehead atoms. The molecule has 4 rings (SSSR count). The second-order valence-corrected chi connectivity index (χ2v) is 8.56. The average molecular weight is 378 g/mol. The Hall–Kier alpha value is -2.07. The highest BCUT2D eigenvalue weighted by atomic mass is 32.2. The summed E-state index contributed by atoms with van der Waals surface area (Å²) in [6.45, 7) is 4.26. The van der Waals surface area contributed by atoms with E-state index in [4.69, 9.17) is 0 Å². The van der Waals surface area contributed by atoms with E-state index in [1.54, 1.807) is 11.8 Å². The van der Waals surface area contributed by atoms with Crippen molar-refractivity contribution in [3.05, 3.63) is 71.0 Å². The molecule has 1 aliphatic carbocycles. The van der Waals surface area contributed by atoms with Gasteiger partial charge in [0.05, 0.1) is 0 Å². The molecule has 0 aliphatic heterocycles. The Morgan fingerprint density at radius 1 is 0.852 bits per heavy atom. The lowest BCUT2D eigenvalue weighted by Gasteiger charge is -2.22. The monoisotopic (exact) mass is 377 g/mol. The van der Waals surface area contributed by atoms with Crippen LogP contribution in [0.25, 0.3) is 5.69 Å². The Morgan fingerprint density at radius 3 is 2.15 bits per heavy atom. The van der Waals surface area contributed by atoms with Crippen molar-refractivity contribution in [2.45, 2.75) is 62.8 Å². The van der Waals surface area contributed by atoms with Gasteiger partial charge in [-0.05, 0) is 44.4 Å². The molecule has 3 nitrogen and oxygen atoms in total. The molecular formula is C23H27N3S. The summed E-state index contributed by atoms with van der Waals surface area (Å²) in [5, 5.41) is 10.3.